The molecule has 0 saturated carbocycles. The van der Waals surface area contributed by atoms with E-state index >= 15 is 0 Å². The van der Waals surface area contributed by atoms with Gasteiger partial charge >= 0.3 is 0 Å². The zero-order valence-electron chi connectivity index (χ0n) is 13.7. The molecule has 1 aliphatic rings. The van der Waals surface area contributed by atoms with E-state index in [-0.39, 0.29) is 5.91 Å². The van der Waals surface area contributed by atoms with Gasteiger partial charge in [0.25, 0.3) is 0 Å². The molecule has 1 fully saturated rings. The minimum absolute atomic E-state index is 0.0211. The van der Waals surface area contributed by atoms with E-state index in [2.05, 4.69) is 45.2 Å². The van der Waals surface area contributed by atoms with Gasteiger partial charge < -0.3 is 10.2 Å². The van der Waals surface area contributed by atoms with Gasteiger partial charge in [0, 0.05) is 33.8 Å². The van der Waals surface area contributed by atoms with Gasteiger partial charge in [-0.2, -0.15) is 0 Å². The van der Waals surface area contributed by atoms with E-state index in [1.807, 2.05) is 30.3 Å². The average Bonchev–Trinajstić information content (AvgIpc) is 3.10. The van der Waals surface area contributed by atoms with E-state index in [1.165, 1.54) is 30.3 Å². The van der Waals surface area contributed by atoms with E-state index in [1.54, 1.807) is 0 Å². The molecule has 0 bridgehead atoms. The van der Waals surface area contributed by atoms with Crippen LogP contribution in [0.4, 0.5) is 11.4 Å². The first-order valence-corrected chi connectivity index (χ1v) is 9.94. The summed E-state index contributed by atoms with van der Waals surface area (Å²) in [5.74, 6) is 0.420. The Bertz CT molecular complexity index is 729. The SMILES string of the molecule is Cc1cc(N2CCCC2)ccc1NC(=O)CSc1ccccc1Br. The lowest BCUT2D eigenvalue weighted by atomic mass is 10.1. The topological polar surface area (TPSA) is 32.3 Å². The standard InChI is InChI=1S/C19H21BrN2OS/c1-14-12-15(22-10-4-5-11-22)8-9-17(14)21-19(23)13-24-18-7-3-2-6-16(18)20/h2-3,6-9,12H,4-5,10-11,13H2,1H3,(H,21,23). The van der Waals surface area contributed by atoms with Crippen molar-refractivity contribution in [2.24, 2.45) is 0 Å². The number of amides is 1. The Kier molecular flexibility index (Phi) is 5.85. The Hall–Kier alpha value is -1.46. The van der Waals surface area contributed by atoms with Crippen LogP contribution in [0, 0.1) is 6.92 Å². The van der Waals surface area contributed by atoms with Crippen molar-refractivity contribution in [2.75, 3.05) is 29.1 Å². The van der Waals surface area contributed by atoms with Gasteiger partial charge in [-0.15, -0.1) is 11.8 Å². The van der Waals surface area contributed by atoms with E-state index < -0.39 is 0 Å². The summed E-state index contributed by atoms with van der Waals surface area (Å²) in [6, 6.07) is 14.2. The molecular formula is C19H21BrN2OS. The molecular weight excluding hydrogens is 384 g/mol. The Morgan fingerprint density at radius 2 is 1.96 bits per heavy atom. The second-order valence-electron chi connectivity index (χ2n) is 5.96. The fourth-order valence-corrected chi connectivity index (χ4v) is 4.22. The highest BCUT2D eigenvalue weighted by molar-refractivity contribution is 9.10. The Labute approximate surface area is 155 Å². The summed E-state index contributed by atoms with van der Waals surface area (Å²) in [5.41, 5.74) is 3.26. The van der Waals surface area contributed by atoms with Crippen LogP contribution in [-0.4, -0.2) is 24.7 Å². The minimum atomic E-state index is 0.0211. The maximum absolute atomic E-state index is 12.2. The Morgan fingerprint density at radius 1 is 1.21 bits per heavy atom. The number of carbonyl (C=O) groups excluding carboxylic acids is 1. The summed E-state index contributed by atoms with van der Waals surface area (Å²) in [5, 5.41) is 3.02. The van der Waals surface area contributed by atoms with Gasteiger partial charge in [-0.25, -0.2) is 0 Å². The van der Waals surface area contributed by atoms with Crippen molar-refractivity contribution < 1.29 is 4.79 Å². The van der Waals surface area contributed by atoms with Crippen LogP contribution < -0.4 is 10.2 Å². The molecule has 0 unspecified atom stereocenters. The molecule has 2 aromatic carbocycles. The number of nitrogens with one attached hydrogen (secondary N) is 1. The minimum Gasteiger partial charge on any atom is -0.372 e. The van der Waals surface area contributed by atoms with Crippen molar-refractivity contribution in [2.45, 2.75) is 24.7 Å². The summed E-state index contributed by atoms with van der Waals surface area (Å²) in [6.45, 7) is 4.32. The van der Waals surface area contributed by atoms with Crippen molar-refractivity contribution in [1.82, 2.24) is 0 Å². The summed E-state index contributed by atoms with van der Waals surface area (Å²) in [4.78, 5) is 15.7. The largest absolute Gasteiger partial charge is 0.372 e. The molecule has 0 spiro atoms. The number of carbonyl (C=O) groups is 1. The molecule has 3 rings (SSSR count). The van der Waals surface area contributed by atoms with Crippen LogP contribution in [0.15, 0.2) is 51.8 Å². The number of thioether (sulfide) groups is 1. The highest BCUT2D eigenvalue weighted by Gasteiger charge is 2.14. The van der Waals surface area contributed by atoms with Gasteiger partial charge in [0.05, 0.1) is 5.75 Å². The molecule has 0 atom stereocenters. The van der Waals surface area contributed by atoms with Crippen molar-refractivity contribution in [1.29, 1.82) is 0 Å². The van der Waals surface area contributed by atoms with Crippen LogP contribution in [0.1, 0.15) is 18.4 Å². The normalized spacial score (nSPS) is 14.0. The molecule has 1 aliphatic heterocycles. The lowest BCUT2D eigenvalue weighted by molar-refractivity contribution is -0.113. The molecule has 1 amide bonds. The third kappa shape index (κ3) is 4.33. The predicted octanol–water partition coefficient (Wildman–Crippen LogP) is 5.09. The number of benzene rings is 2. The van der Waals surface area contributed by atoms with E-state index in [0.29, 0.717) is 5.75 Å². The second-order valence-corrected chi connectivity index (χ2v) is 7.83. The van der Waals surface area contributed by atoms with Crippen molar-refractivity contribution >= 4 is 45.0 Å². The molecule has 126 valence electrons. The first kappa shape index (κ1) is 17.4. The zero-order valence-corrected chi connectivity index (χ0v) is 16.1. The number of hydrogen-bond acceptors (Lipinski definition) is 3. The maximum Gasteiger partial charge on any atom is 0.234 e. The summed E-state index contributed by atoms with van der Waals surface area (Å²) >= 11 is 5.04. The average molecular weight is 405 g/mol. The number of halogens is 1. The molecule has 0 aromatic heterocycles. The van der Waals surface area contributed by atoms with Gasteiger partial charge in [-0.1, -0.05) is 12.1 Å². The first-order chi connectivity index (χ1) is 11.6. The highest BCUT2D eigenvalue weighted by atomic mass is 79.9. The van der Waals surface area contributed by atoms with Gasteiger partial charge in [0.1, 0.15) is 0 Å². The third-order valence-corrected chi connectivity index (χ3v) is 6.18. The summed E-state index contributed by atoms with van der Waals surface area (Å²) < 4.78 is 1.02. The number of aryl methyl sites for hydroxylation is 1. The molecule has 0 aliphatic carbocycles. The van der Waals surface area contributed by atoms with Crippen LogP contribution in [0.5, 0.6) is 0 Å². The van der Waals surface area contributed by atoms with Gasteiger partial charge in [0.15, 0.2) is 0 Å². The van der Waals surface area contributed by atoms with Crippen LogP contribution >= 0.6 is 27.7 Å². The summed E-state index contributed by atoms with van der Waals surface area (Å²) in [6.07, 6.45) is 2.54. The molecule has 5 heteroatoms. The Balaban J connectivity index is 1.59. The molecule has 2 aromatic rings. The lowest BCUT2D eigenvalue weighted by Crippen LogP contribution is -2.18. The van der Waals surface area contributed by atoms with Crippen molar-refractivity contribution in [3.05, 3.63) is 52.5 Å². The fourth-order valence-electron chi connectivity index (χ4n) is 2.85. The van der Waals surface area contributed by atoms with Crippen molar-refractivity contribution in [3.8, 4) is 0 Å². The fraction of sp³-hybridized carbons (Fsp3) is 0.316. The maximum atomic E-state index is 12.2. The van der Waals surface area contributed by atoms with Crippen LogP contribution in [0.25, 0.3) is 0 Å². The molecule has 1 N–H and O–H groups in total. The van der Waals surface area contributed by atoms with Crippen molar-refractivity contribution in [3.63, 3.8) is 0 Å². The van der Waals surface area contributed by atoms with Gasteiger partial charge in [-0.3, -0.25) is 4.79 Å². The first-order valence-electron chi connectivity index (χ1n) is 8.16. The molecule has 3 nitrogen and oxygen atoms in total. The van der Waals surface area contributed by atoms with Crippen LogP contribution in [0.2, 0.25) is 0 Å². The molecule has 1 saturated heterocycles. The lowest BCUT2D eigenvalue weighted by Gasteiger charge is -2.19. The highest BCUT2D eigenvalue weighted by Crippen LogP contribution is 2.28. The Morgan fingerprint density at radius 3 is 2.67 bits per heavy atom. The second kappa shape index (κ2) is 8.08. The van der Waals surface area contributed by atoms with E-state index in [0.717, 1.165) is 33.7 Å². The quantitative estimate of drug-likeness (QED) is 0.704. The number of nitrogens with zero attached hydrogens (tertiary/aromatic N) is 1. The molecule has 24 heavy (non-hydrogen) atoms. The van der Waals surface area contributed by atoms with E-state index in [4.69, 9.17) is 0 Å². The molecule has 0 radical (unpaired) electrons. The van der Waals surface area contributed by atoms with Crippen LogP contribution in [-0.2, 0) is 4.79 Å². The smallest absolute Gasteiger partial charge is 0.234 e. The van der Waals surface area contributed by atoms with Crippen LogP contribution in [0.3, 0.4) is 0 Å². The monoisotopic (exact) mass is 404 g/mol. The zero-order chi connectivity index (χ0) is 16.9. The van der Waals surface area contributed by atoms with E-state index in [9.17, 15) is 4.79 Å². The number of rotatable bonds is 5. The number of anilines is 2. The van der Waals surface area contributed by atoms with Gasteiger partial charge in [-0.05, 0) is 71.6 Å². The number of hydrogen-bond donors (Lipinski definition) is 1. The predicted molar refractivity (Wildman–Crippen MR) is 106 cm³/mol. The summed E-state index contributed by atoms with van der Waals surface area (Å²) in [7, 11) is 0. The van der Waals surface area contributed by atoms with Gasteiger partial charge in [0.2, 0.25) is 5.91 Å². The molecule has 1 heterocycles. The third-order valence-electron chi connectivity index (χ3n) is 4.15.